The molecule has 1 aromatic carbocycles. The number of carbonyl (C=O) groups is 2. The average Bonchev–Trinajstić information content (AvgIpc) is 2.63. The number of amides is 2. The van der Waals surface area contributed by atoms with Gasteiger partial charge in [0.15, 0.2) is 0 Å². The van der Waals surface area contributed by atoms with Crippen molar-refractivity contribution in [2.45, 2.75) is 51.0 Å². The van der Waals surface area contributed by atoms with E-state index in [1.165, 1.54) is 9.13 Å². The molecule has 4 N–H and O–H groups in total. The zero-order chi connectivity index (χ0) is 19.2. The van der Waals surface area contributed by atoms with Gasteiger partial charge in [-0.05, 0) is 85.4 Å². The Labute approximate surface area is 170 Å². The Morgan fingerprint density at radius 3 is 2.58 bits per heavy atom. The molecule has 1 atom stereocenters. The van der Waals surface area contributed by atoms with Crippen LogP contribution in [0.25, 0.3) is 0 Å². The maximum absolute atomic E-state index is 12.3. The first-order chi connectivity index (χ1) is 12.6. The molecule has 6 heteroatoms. The van der Waals surface area contributed by atoms with Crippen molar-refractivity contribution in [1.82, 2.24) is 10.6 Å². The van der Waals surface area contributed by atoms with E-state index in [9.17, 15) is 9.59 Å². The first-order valence-corrected chi connectivity index (χ1v) is 10.3. The topological polar surface area (TPSA) is 84.2 Å². The van der Waals surface area contributed by atoms with Crippen LogP contribution in [-0.4, -0.2) is 30.9 Å². The number of rotatable bonds is 13. The molecule has 0 unspecified atom stereocenters. The van der Waals surface area contributed by atoms with E-state index in [2.05, 4.69) is 64.1 Å². The molecule has 144 valence electrons. The number of unbranched alkanes of at least 4 members (excludes halogenated alkanes) is 1. The average molecular weight is 471 g/mol. The maximum atomic E-state index is 12.3. The monoisotopic (exact) mass is 471 g/mol. The van der Waals surface area contributed by atoms with Gasteiger partial charge in [-0.2, -0.15) is 0 Å². The third-order valence-corrected chi connectivity index (χ3v) is 4.73. The van der Waals surface area contributed by atoms with Crippen LogP contribution in [0.15, 0.2) is 36.9 Å². The Morgan fingerprint density at radius 1 is 1.19 bits per heavy atom. The van der Waals surface area contributed by atoms with Gasteiger partial charge in [-0.1, -0.05) is 18.2 Å². The molecule has 0 aromatic heterocycles. The van der Waals surface area contributed by atoms with Crippen LogP contribution in [0.5, 0.6) is 0 Å². The SMILES string of the molecule is C=CCCCNC(=O)[C@@H](CCCN)NC(=O)CCCc1ccc(I)cc1. The molecule has 0 spiro atoms. The molecule has 0 aliphatic heterocycles. The summed E-state index contributed by atoms with van der Waals surface area (Å²) in [6.07, 6.45) is 6.83. The summed E-state index contributed by atoms with van der Waals surface area (Å²) in [5, 5.41) is 5.74. The lowest BCUT2D eigenvalue weighted by molar-refractivity contribution is -0.129. The third-order valence-electron chi connectivity index (χ3n) is 4.02. The molecule has 0 radical (unpaired) electrons. The number of allylic oxidation sites excluding steroid dienone is 1. The first kappa shape index (κ1) is 22.6. The number of nitrogens with two attached hydrogens (primary N) is 1. The van der Waals surface area contributed by atoms with Crippen molar-refractivity contribution in [3.63, 3.8) is 0 Å². The summed E-state index contributed by atoms with van der Waals surface area (Å²) in [7, 11) is 0. The van der Waals surface area contributed by atoms with Crippen LogP contribution in [0, 0.1) is 3.57 Å². The van der Waals surface area contributed by atoms with E-state index in [0.29, 0.717) is 32.4 Å². The molecule has 26 heavy (non-hydrogen) atoms. The fraction of sp³-hybridized carbons (Fsp3) is 0.500. The van der Waals surface area contributed by atoms with Gasteiger partial charge in [0.25, 0.3) is 0 Å². The van der Waals surface area contributed by atoms with Gasteiger partial charge in [0.05, 0.1) is 0 Å². The second kappa shape index (κ2) is 13.7. The van der Waals surface area contributed by atoms with E-state index in [1.54, 1.807) is 0 Å². The normalized spacial score (nSPS) is 11.6. The second-order valence-corrected chi connectivity index (χ2v) is 7.50. The summed E-state index contributed by atoms with van der Waals surface area (Å²) in [5.74, 6) is -0.215. The number of nitrogens with one attached hydrogen (secondary N) is 2. The van der Waals surface area contributed by atoms with Crippen molar-refractivity contribution >= 4 is 34.4 Å². The second-order valence-electron chi connectivity index (χ2n) is 6.25. The molecule has 1 rings (SSSR count). The Bertz CT molecular complexity index is 561. The van der Waals surface area contributed by atoms with Gasteiger partial charge in [-0.25, -0.2) is 0 Å². The summed E-state index contributed by atoms with van der Waals surface area (Å²) >= 11 is 2.27. The lowest BCUT2D eigenvalue weighted by Gasteiger charge is -2.18. The van der Waals surface area contributed by atoms with Crippen molar-refractivity contribution in [1.29, 1.82) is 0 Å². The fourth-order valence-electron chi connectivity index (χ4n) is 2.54. The Kier molecular flexibility index (Phi) is 12.0. The Hall–Kier alpha value is -1.41. The molecule has 0 aliphatic carbocycles. The van der Waals surface area contributed by atoms with E-state index in [4.69, 9.17) is 5.73 Å². The molecule has 0 aliphatic rings. The van der Waals surface area contributed by atoms with E-state index in [1.807, 2.05) is 6.08 Å². The number of hydrogen-bond donors (Lipinski definition) is 3. The maximum Gasteiger partial charge on any atom is 0.242 e. The van der Waals surface area contributed by atoms with Crippen LogP contribution in [0.3, 0.4) is 0 Å². The first-order valence-electron chi connectivity index (χ1n) is 9.19. The van der Waals surface area contributed by atoms with Gasteiger partial charge in [0.1, 0.15) is 6.04 Å². The largest absolute Gasteiger partial charge is 0.354 e. The number of halogens is 1. The van der Waals surface area contributed by atoms with E-state index in [-0.39, 0.29) is 11.8 Å². The van der Waals surface area contributed by atoms with E-state index < -0.39 is 6.04 Å². The van der Waals surface area contributed by atoms with Crippen LogP contribution >= 0.6 is 22.6 Å². The predicted octanol–water partition coefficient (Wildman–Crippen LogP) is 2.92. The zero-order valence-electron chi connectivity index (χ0n) is 15.3. The van der Waals surface area contributed by atoms with Gasteiger partial charge in [-0.15, -0.1) is 6.58 Å². The molecule has 2 amide bonds. The lowest BCUT2D eigenvalue weighted by Crippen LogP contribution is -2.47. The summed E-state index contributed by atoms with van der Waals surface area (Å²) in [6.45, 7) is 4.76. The van der Waals surface area contributed by atoms with Crippen molar-refractivity contribution in [2.24, 2.45) is 5.73 Å². The number of carbonyl (C=O) groups excluding carboxylic acids is 2. The van der Waals surface area contributed by atoms with Crippen LogP contribution in [0.1, 0.15) is 44.1 Å². The highest BCUT2D eigenvalue weighted by atomic mass is 127. The standard InChI is InChI=1S/C20H30IN3O2/c1-2-3-4-15-23-20(26)18(8-6-14-22)24-19(25)9-5-7-16-10-12-17(21)13-11-16/h2,10-13,18H,1,3-9,14-15,22H2,(H,23,26)(H,24,25)/t18-/m1/s1. The lowest BCUT2D eigenvalue weighted by atomic mass is 10.1. The van der Waals surface area contributed by atoms with Gasteiger partial charge >= 0.3 is 0 Å². The summed E-state index contributed by atoms with van der Waals surface area (Å²) in [4.78, 5) is 24.5. The molecule has 5 nitrogen and oxygen atoms in total. The van der Waals surface area contributed by atoms with Crippen LogP contribution in [0.4, 0.5) is 0 Å². The molecule has 0 saturated heterocycles. The highest BCUT2D eigenvalue weighted by Gasteiger charge is 2.19. The number of aryl methyl sites for hydroxylation is 1. The molecular weight excluding hydrogens is 441 g/mol. The Balaban J connectivity index is 2.39. The van der Waals surface area contributed by atoms with Crippen LogP contribution in [0.2, 0.25) is 0 Å². The molecule has 1 aromatic rings. The summed E-state index contributed by atoms with van der Waals surface area (Å²) < 4.78 is 1.20. The van der Waals surface area contributed by atoms with E-state index in [0.717, 1.165) is 25.7 Å². The summed E-state index contributed by atoms with van der Waals surface area (Å²) in [5.41, 5.74) is 6.77. The highest BCUT2D eigenvalue weighted by molar-refractivity contribution is 14.1. The third kappa shape index (κ3) is 9.91. The number of hydrogen-bond acceptors (Lipinski definition) is 3. The van der Waals surface area contributed by atoms with Crippen LogP contribution in [-0.2, 0) is 16.0 Å². The van der Waals surface area contributed by atoms with Crippen LogP contribution < -0.4 is 16.4 Å². The van der Waals surface area contributed by atoms with Gasteiger partial charge in [-0.3, -0.25) is 9.59 Å². The zero-order valence-corrected chi connectivity index (χ0v) is 17.5. The molecule has 0 saturated carbocycles. The smallest absolute Gasteiger partial charge is 0.242 e. The minimum Gasteiger partial charge on any atom is -0.354 e. The van der Waals surface area contributed by atoms with Crippen molar-refractivity contribution in [3.8, 4) is 0 Å². The molecule has 0 heterocycles. The Morgan fingerprint density at radius 2 is 1.92 bits per heavy atom. The molecule has 0 bridgehead atoms. The van der Waals surface area contributed by atoms with Gasteiger partial charge in [0.2, 0.25) is 11.8 Å². The quantitative estimate of drug-likeness (QED) is 0.235. The van der Waals surface area contributed by atoms with Gasteiger partial charge < -0.3 is 16.4 Å². The fourth-order valence-corrected chi connectivity index (χ4v) is 2.90. The van der Waals surface area contributed by atoms with Crippen molar-refractivity contribution < 1.29 is 9.59 Å². The summed E-state index contributed by atoms with van der Waals surface area (Å²) in [6, 6.07) is 7.79. The van der Waals surface area contributed by atoms with Crippen molar-refractivity contribution in [3.05, 3.63) is 46.1 Å². The molecule has 0 fully saturated rings. The molecular formula is C20H30IN3O2. The van der Waals surface area contributed by atoms with Crippen molar-refractivity contribution in [2.75, 3.05) is 13.1 Å². The minimum absolute atomic E-state index is 0.0845. The minimum atomic E-state index is -0.506. The predicted molar refractivity (Wildman–Crippen MR) is 115 cm³/mol. The number of benzene rings is 1. The van der Waals surface area contributed by atoms with Gasteiger partial charge in [0, 0.05) is 16.5 Å². The highest BCUT2D eigenvalue weighted by Crippen LogP contribution is 2.09. The van der Waals surface area contributed by atoms with E-state index >= 15 is 0 Å².